The fourth-order valence-corrected chi connectivity index (χ4v) is 1.63. The Balaban J connectivity index is 2.34. The molecule has 1 aliphatic rings. The molecule has 1 atom stereocenters. The van der Waals surface area contributed by atoms with Crippen LogP contribution in [0, 0.1) is 0 Å². The third-order valence-electron chi connectivity index (χ3n) is 2.45. The third kappa shape index (κ3) is 2.86. The fourth-order valence-electron chi connectivity index (χ4n) is 1.63. The van der Waals surface area contributed by atoms with Crippen molar-refractivity contribution in [2.45, 2.75) is 51.5 Å². The first-order valence-electron chi connectivity index (χ1n) is 4.85. The van der Waals surface area contributed by atoms with E-state index in [4.69, 9.17) is 5.73 Å². The molecule has 1 fully saturated rings. The van der Waals surface area contributed by atoms with Crippen LogP contribution in [0.1, 0.15) is 45.4 Å². The Labute approximate surface area is 74.5 Å². The molecule has 0 aromatic carbocycles. The maximum absolute atomic E-state index is 9.62. The summed E-state index contributed by atoms with van der Waals surface area (Å²) in [6.45, 7) is 1.98. The summed E-state index contributed by atoms with van der Waals surface area (Å²) in [5, 5.41) is 9.62. The smallest absolute Gasteiger partial charge is 0.0915 e. The molecule has 0 saturated heterocycles. The molecule has 2 heteroatoms. The quantitative estimate of drug-likeness (QED) is 0.638. The van der Waals surface area contributed by atoms with Gasteiger partial charge in [0.05, 0.1) is 5.76 Å². The molecule has 1 aliphatic carbocycles. The minimum absolute atomic E-state index is 0.203. The van der Waals surface area contributed by atoms with Gasteiger partial charge < -0.3 is 10.8 Å². The number of hydrogen-bond donors (Lipinski definition) is 2. The minimum atomic E-state index is 0.203. The van der Waals surface area contributed by atoms with E-state index in [1.165, 1.54) is 18.4 Å². The van der Waals surface area contributed by atoms with Gasteiger partial charge in [-0.1, -0.05) is 0 Å². The first kappa shape index (κ1) is 9.59. The predicted octanol–water partition coefficient (Wildman–Crippen LogP) is 2.50. The first-order valence-corrected chi connectivity index (χ1v) is 4.85. The highest BCUT2D eigenvalue weighted by atomic mass is 16.3. The van der Waals surface area contributed by atoms with Crippen molar-refractivity contribution >= 4 is 0 Å². The maximum Gasteiger partial charge on any atom is 0.0915 e. The summed E-state index contributed by atoms with van der Waals surface area (Å²) >= 11 is 0. The van der Waals surface area contributed by atoms with Gasteiger partial charge in [-0.2, -0.15) is 0 Å². The van der Waals surface area contributed by atoms with Crippen molar-refractivity contribution in [3.05, 3.63) is 11.3 Å². The van der Waals surface area contributed by atoms with Crippen molar-refractivity contribution in [1.82, 2.24) is 0 Å². The molecular weight excluding hydrogens is 150 g/mol. The Kier molecular flexibility index (Phi) is 3.60. The summed E-state index contributed by atoms with van der Waals surface area (Å²) in [4.78, 5) is 0. The van der Waals surface area contributed by atoms with E-state index in [-0.39, 0.29) is 6.04 Å². The van der Waals surface area contributed by atoms with E-state index >= 15 is 0 Å². The normalized spacial score (nSPS) is 19.7. The third-order valence-corrected chi connectivity index (χ3v) is 2.45. The van der Waals surface area contributed by atoms with Gasteiger partial charge in [0.25, 0.3) is 0 Å². The Morgan fingerprint density at radius 1 is 1.50 bits per heavy atom. The van der Waals surface area contributed by atoms with Crippen LogP contribution in [-0.4, -0.2) is 11.1 Å². The van der Waals surface area contributed by atoms with Gasteiger partial charge in [-0.05, 0) is 44.6 Å². The minimum Gasteiger partial charge on any atom is -0.512 e. The van der Waals surface area contributed by atoms with Crippen molar-refractivity contribution < 1.29 is 5.11 Å². The van der Waals surface area contributed by atoms with E-state index in [1.54, 1.807) is 0 Å². The van der Waals surface area contributed by atoms with Crippen LogP contribution in [0.4, 0.5) is 0 Å². The van der Waals surface area contributed by atoms with Crippen LogP contribution in [0.2, 0.25) is 0 Å². The highest BCUT2D eigenvalue weighted by molar-refractivity contribution is 5.10. The van der Waals surface area contributed by atoms with Crippen LogP contribution in [0.5, 0.6) is 0 Å². The fraction of sp³-hybridized carbons (Fsp3) is 0.800. The van der Waals surface area contributed by atoms with Crippen molar-refractivity contribution in [3.8, 4) is 0 Å². The zero-order chi connectivity index (χ0) is 8.97. The average molecular weight is 169 g/mol. The molecule has 0 amide bonds. The monoisotopic (exact) mass is 169 g/mol. The number of rotatable bonds is 3. The van der Waals surface area contributed by atoms with Gasteiger partial charge in [0.1, 0.15) is 0 Å². The maximum atomic E-state index is 9.62. The summed E-state index contributed by atoms with van der Waals surface area (Å²) in [6, 6.07) is 0.203. The molecule has 0 radical (unpaired) electrons. The second kappa shape index (κ2) is 4.51. The van der Waals surface area contributed by atoms with Crippen LogP contribution < -0.4 is 5.73 Å². The van der Waals surface area contributed by atoms with Crippen LogP contribution in [0.25, 0.3) is 0 Å². The van der Waals surface area contributed by atoms with Gasteiger partial charge in [-0.3, -0.25) is 0 Å². The molecule has 3 N–H and O–H groups in total. The number of aliphatic hydroxyl groups excluding tert-OH is 1. The first-order chi connectivity index (χ1) is 5.70. The summed E-state index contributed by atoms with van der Waals surface area (Å²) in [7, 11) is 0. The molecule has 0 heterocycles. The lowest BCUT2D eigenvalue weighted by molar-refractivity contribution is 0.369. The molecule has 0 aromatic heterocycles. The topological polar surface area (TPSA) is 46.2 Å². The number of aliphatic hydroxyl groups is 1. The Bertz CT molecular complexity index is 165. The Morgan fingerprint density at radius 2 is 2.08 bits per heavy atom. The van der Waals surface area contributed by atoms with Gasteiger partial charge in [-0.25, -0.2) is 0 Å². The van der Waals surface area contributed by atoms with E-state index in [0.717, 1.165) is 25.7 Å². The number of nitrogens with two attached hydrogens (primary N) is 1. The number of hydrogen-bond acceptors (Lipinski definition) is 2. The molecule has 0 spiro atoms. The lowest BCUT2D eigenvalue weighted by Crippen LogP contribution is -2.14. The van der Waals surface area contributed by atoms with Gasteiger partial charge >= 0.3 is 0 Å². The highest BCUT2D eigenvalue weighted by Gasteiger charge is 2.11. The van der Waals surface area contributed by atoms with Crippen LogP contribution in [-0.2, 0) is 0 Å². The second-order valence-electron chi connectivity index (χ2n) is 3.77. The lowest BCUT2D eigenvalue weighted by Gasteiger charge is -2.06. The molecule has 2 nitrogen and oxygen atoms in total. The van der Waals surface area contributed by atoms with Crippen LogP contribution >= 0.6 is 0 Å². The lowest BCUT2D eigenvalue weighted by atomic mass is 10.1. The largest absolute Gasteiger partial charge is 0.512 e. The van der Waals surface area contributed by atoms with Gasteiger partial charge in [-0.15, -0.1) is 0 Å². The van der Waals surface area contributed by atoms with Gasteiger partial charge in [0, 0.05) is 12.5 Å². The van der Waals surface area contributed by atoms with E-state index in [9.17, 15) is 5.11 Å². The Hall–Kier alpha value is -0.500. The SMILES string of the molecule is CC(N)CCC(O)=C1CCCC1. The average Bonchev–Trinajstić information content (AvgIpc) is 2.51. The Morgan fingerprint density at radius 3 is 2.58 bits per heavy atom. The van der Waals surface area contributed by atoms with Gasteiger partial charge in [0.2, 0.25) is 0 Å². The second-order valence-corrected chi connectivity index (χ2v) is 3.77. The zero-order valence-electron chi connectivity index (χ0n) is 7.84. The molecule has 70 valence electrons. The van der Waals surface area contributed by atoms with Crippen molar-refractivity contribution in [2.75, 3.05) is 0 Å². The van der Waals surface area contributed by atoms with Crippen LogP contribution in [0.3, 0.4) is 0 Å². The number of allylic oxidation sites excluding steroid dienone is 2. The molecule has 1 unspecified atom stereocenters. The van der Waals surface area contributed by atoms with E-state index < -0.39 is 0 Å². The van der Waals surface area contributed by atoms with E-state index in [0.29, 0.717) is 5.76 Å². The van der Waals surface area contributed by atoms with Crippen molar-refractivity contribution in [2.24, 2.45) is 5.73 Å². The van der Waals surface area contributed by atoms with Gasteiger partial charge in [0.15, 0.2) is 0 Å². The predicted molar refractivity (Wildman–Crippen MR) is 51.0 cm³/mol. The van der Waals surface area contributed by atoms with Crippen molar-refractivity contribution in [1.29, 1.82) is 0 Å². The molecule has 1 rings (SSSR count). The molecule has 0 aromatic rings. The molecule has 0 aliphatic heterocycles. The van der Waals surface area contributed by atoms with E-state index in [1.807, 2.05) is 6.92 Å². The molecule has 12 heavy (non-hydrogen) atoms. The van der Waals surface area contributed by atoms with Crippen LogP contribution in [0.15, 0.2) is 11.3 Å². The zero-order valence-corrected chi connectivity index (χ0v) is 7.84. The summed E-state index contributed by atoms with van der Waals surface area (Å²) in [5.74, 6) is 0.616. The standard InChI is InChI=1S/C10H19NO/c1-8(11)6-7-10(12)9-4-2-3-5-9/h8,12H,2-7,11H2,1H3. The highest BCUT2D eigenvalue weighted by Crippen LogP contribution is 2.27. The molecule has 1 saturated carbocycles. The summed E-state index contributed by atoms with van der Waals surface area (Å²) < 4.78 is 0. The molecular formula is C10H19NO. The van der Waals surface area contributed by atoms with Crippen molar-refractivity contribution in [3.63, 3.8) is 0 Å². The molecule has 0 bridgehead atoms. The van der Waals surface area contributed by atoms with E-state index in [2.05, 4.69) is 0 Å². The summed E-state index contributed by atoms with van der Waals surface area (Å²) in [6.07, 6.45) is 6.37. The summed E-state index contributed by atoms with van der Waals surface area (Å²) in [5.41, 5.74) is 6.88.